The molecule has 1 aromatic heterocycles. The molecule has 4 aromatic rings. The van der Waals surface area contributed by atoms with Gasteiger partial charge < -0.3 is 14.8 Å². The molecule has 0 aliphatic carbocycles. The Labute approximate surface area is 213 Å². The lowest BCUT2D eigenvalue weighted by Crippen LogP contribution is -2.48. The number of methoxy groups -OCH3 is 1. The summed E-state index contributed by atoms with van der Waals surface area (Å²) in [6, 6.07) is 29.5. The highest BCUT2D eigenvalue weighted by Gasteiger charge is 2.28. The van der Waals surface area contributed by atoms with E-state index in [9.17, 15) is 5.11 Å². The maximum absolute atomic E-state index is 11.1. The lowest BCUT2D eigenvalue weighted by molar-refractivity contribution is 0.0606. The number of nitrogens with one attached hydrogen (secondary N) is 1. The number of aliphatic hydroxyl groups is 1. The van der Waals surface area contributed by atoms with Crippen LogP contribution in [0.3, 0.4) is 0 Å². The van der Waals surface area contributed by atoms with E-state index in [4.69, 9.17) is 9.72 Å². The molecule has 3 aromatic carbocycles. The molecule has 0 amide bonds. The number of aryl methyl sites for hydroxylation is 1. The largest absolute Gasteiger partial charge is 0.496 e. The summed E-state index contributed by atoms with van der Waals surface area (Å²) in [6.07, 6.45) is -0.657. The van der Waals surface area contributed by atoms with Crippen LogP contribution in [0, 0.1) is 6.92 Å². The first-order chi connectivity index (χ1) is 17.6. The lowest BCUT2D eigenvalue weighted by Gasteiger charge is -2.40. The standard InChI is InChI=1S/C30H34N4O2/c1-22-28(32-30(31-22)25-15-9-10-16-27(25)36-2)26(35)21-33-17-19-34(20-18-33)29(23-11-5-3-6-12-23)24-13-7-4-8-14-24/h3-16,26,29,35H,17-21H2,1-2H3,(H,31,32). The van der Waals surface area contributed by atoms with Crippen LogP contribution in [-0.2, 0) is 0 Å². The third-order valence-corrected chi connectivity index (χ3v) is 7.03. The summed E-state index contributed by atoms with van der Waals surface area (Å²) < 4.78 is 5.49. The minimum atomic E-state index is -0.657. The van der Waals surface area contributed by atoms with Crippen LogP contribution in [-0.4, -0.2) is 64.7 Å². The number of H-pyrrole nitrogens is 1. The molecule has 0 bridgehead atoms. The molecule has 1 aliphatic rings. The van der Waals surface area contributed by atoms with Crippen LogP contribution in [0.1, 0.15) is 34.7 Å². The second kappa shape index (κ2) is 11.1. The van der Waals surface area contributed by atoms with Crippen molar-refractivity contribution in [3.8, 4) is 17.1 Å². The Morgan fingerprint density at radius 1 is 0.861 bits per heavy atom. The number of benzene rings is 3. The number of aromatic amines is 1. The van der Waals surface area contributed by atoms with E-state index in [1.165, 1.54) is 11.1 Å². The number of rotatable bonds is 8. The number of nitrogens with zero attached hydrogens (tertiary/aromatic N) is 3. The SMILES string of the molecule is COc1ccccc1-c1nc(C(O)CN2CCN(C(c3ccccc3)c3ccccc3)CC2)c(C)[nH]1. The fraction of sp³-hybridized carbons (Fsp3) is 0.300. The Balaban J connectivity index is 1.26. The van der Waals surface area contributed by atoms with Gasteiger partial charge in [-0.15, -0.1) is 0 Å². The van der Waals surface area contributed by atoms with Gasteiger partial charge in [-0.05, 0) is 30.2 Å². The van der Waals surface area contributed by atoms with E-state index in [1.54, 1.807) is 7.11 Å². The van der Waals surface area contributed by atoms with Gasteiger partial charge in [0, 0.05) is 38.4 Å². The topological polar surface area (TPSA) is 64.6 Å². The zero-order valence-corrected chi connectivity index (χ0v) is 21.0. The van der Waals surface area contributed by atoms with E-state index in [2.05, 4.69) is 75.4 Å². The Bertz CT molecular complexity index is 1210. The van der Waals surface area contributed by atoms with E-state index in [0.29, 0.717) is 12.2 Å². The summed E-state index contributed by atoms with van der Waals surface area (Å²) >= 11 is 0. The quantitative estimate of drug-likeness (QED) is 0.377. The van der Waals surface area contributed by atoms with Crippen LogP contribution in [0.5, 0.6) is 5.75 Å². The number of ether oxygens (including phenoxy) is 1. The van der Waals surface area contributed by atoms with Crippen LogP contribution in [0.2, 0.25) is 0 Å². The maximum atomic E-state index is 11.1. The zero-order valence-electron chi connectivity index (χ0n) is 21.0. The van der Waals surface area contributed by atoms with Crippen molar-refractivity contribution in [2.75, 3.05) is 39.8 Å². The highest BCUT2D eigenvalue weighted by Crippen LogP contribution is 2.31. The molecule has 6 heteroatoms. The van der Waals surface area contributed by atoms with E-state index >= 15 is 0 Å². The molecule has 0 radical (unpaired) electrons. The predicted molar refractivity (Wildman–Crippen MR) is 143 cm³/mol. The van der Waals surface area contributed by atoms with Gasteiger partial charge in [0.15, 0.2) is 0 Å². The Kier molecular flexibility index (Phi) is 7.47. The smallest absolute Gasteiger partial charge is 0.141 e. The monoisotopic (exact) mass is 482 g/mol. The van der Waals surface area contributed by atoms with Gasteiger partial charge in [0.05, 0.1) is 24.4 Å². The number of para-hydroxylation sites is 1. The van der Waals surface area contributed by atoms with Crippen molar-refractivity contribution in [1.29, 1.82) is 0 Å². The van der Waals surface area contributed by atoms with Crippen molar-refractivity contribution in [3.63, 3.8) is 0 Å². The Morgan fingerprint density at radius 2 is 1.44 bits per heavy atom. The van der Waals surface area contributed by atoms with Crippen molar-refractivity contribution in [1.82, 2.24) is 19.8 Å². The molecule has 0 spiro atoms. The normalized spacial score (nSPS) is 15.8. The number of β-amino-alcohol motifs (C(OH)–C–C–N with tert-alkyl or cyclic N) is 1. The van der Waals surface area contributed by atoms with Crippen molar-refractivity contribution in [2.24, 2.45) is 0 Å². The number of hydrogen-bond donors (Lipinski definition) is 2. The second-order valence-electron chi connectivity index (χ2n) is 9.37. The molecular formula is C30H34N4O2. The van der Waals surface area contributed by atoms with Gasteiger partial charge in [0.2, 0.25) is 0 Å². The molecule has 5 rings (SSSR count). The van der Waals surface area contributed by atoms with Crippen molar-refractivity contribution in [2.45, 2.75) is 19.1 Å². The average molecular weight is 483 g/mol. The molecule has 1 aliphatic heterocycles. The van der Waals surface area contributed by atoms with E-state index < -0.39 is 6.10 Å². The Hall–Kier alpha value is -3.45. The molecule has 1 fully saturated rings. The predicted octanol–water partition coefficient (Wildman–Crippen LogP) is 4.83. The third-order valence-electron chi connectivity index (χ3n) is 7.03. The van der Waals surface area contributed by atoms with Crippen LogP contribution in [0.4, 0.5) is 0 Å². The minimum absolute atomic E-state index is 0.233. The minimum Gasteiger partial charge on any atom is -0.496 e. The molecule has 1 unspecified atom stereocenters. The first-order valence-corrected chi connectivity index (χ1v) is 12.6. The van der Waals surface area contributed by atoms with Crippen LogP contribution in [0.25, 0.3) is 11.4 Å². The van der Waals surface area contributed by atoms with Gasteiger partial charge in [-0.2, -0.15) is 0 Å². The summed E-state index contributed by atoms with van der Waals surface area (Å²) in [4.78, 5) is 13.0. The summed E-state index contributed by atoms with van der Waals surface area (Å²) in [7, 11) is 1.66. The highest BCUT2D eigenvalue weighted by molar-refractivity contribution is 5.64. The highest BCUT2D eigenvalue weighted by atomic mass is 16.5. The maximum Gasteiger partial charge on any atom is 0.141 e. The summed E-state index contributed by atoms with van der Waals surface area (Å²) in [5.41, 5.74) is 5.10. The summed E-state index contributed by atoms with van der Waals surface area (Å²) in [5.74, 6) is 1.48. The van der Waals surface area contributed by atoms with Crippen molar-refractivity contribution >= 4 is 0 Å². The van der Waals surface area contributed by atoms with Crippen molar-refractivity contribution in [3.05, 3.63) is 107 Å². The van der Waals surface area contributed by atoms with Crippen LogP contribution < -0.4 is 4.74 Å². The van der Waals surface area contributed by atoms with Gasteiger partial charge in [-0.1, -0.05) is 72.8 Å². The number of hydrogen-bond acceptors (Lipinski definition) is 5. The molecular weight excluding hydrogens is 448 g/mol. The molecule has 2 heterocycles. The molecule has 36 heavy (non-hydrogen) atoms. The Morgan fingerprint density at radius 3 is 2.06 bits per heavy atom. The summed E-state index contributed by atoms with van der Waals surface area (Å²) in [5, 5.41) is 11.1. The van der Waals surface area contributed by atoms with Gasteiger partial charge in [0.1, 0.15) is 17.7 Å². The fourth-order valence-corrected chi connectivity index (χ4v) is 5.19. The lowest BCUT2D eigenvalue weighted by atomic mass is 9.96. The first kappa shape index (κ1) is 24.3. The van der Waals surface area contributed by atoms with E-state index in [1.807, 2.05) is 31.2 Å². The van der Waals surface area contributed by atoms with Gasteiger partial charge in [-0.3, -0.25) is 9.80 Å². The van der Waals surface area contributed by atoms with E-state index in [0.717, 1.165) is 49.0 Å². The second-order valence-corrected chi connectivity index (χ2v) is 9.37. The molecule has 6 nitrogen and oxygen atoms in total. The zero-order chi connectivity index (χ0) is 24.9. The number of piperazine rings is 1. The number of aliphatic hydroxyl groups excluding tert-OH is 1. The van der Waals surface area contributed by atoms with Crippen LogP contribution >= 0.6 is 0 Å². The number of imidazole rings is 1. The molecule has 0 saturated carbocycles. The van der Waals surface area contributed by atoms with E-state index in [-0.39, 0.29) is 6.04 Å². The molecule has 186 valence electrons. The number of aromatic nitrogens is 2. The van der Waals surface area contributed by atoms with Gasteiger partial charge in [0.25, 0.3) is 0 Å². The van der Waals surface area contributed by atoms with Gasteiger partial charge in [-0.25, -0.2) is 4.98 Å². The van der Waals surface area contributed by atoms with Gasteiger partial charge >= 0.3 is 0 Å². The average Bonchev–Trinajstić information content (AvgIpc) is 3.32. The first-order valence-electron chi connectivity index (χ1n) is 12.6. The fourth-order valence-electron chi connectivity index (χ4n) is 5.19. The summed E-state index contributed by atoms with van der Waals surface area (Å²) in [6.45, 7) is 6.20. The molecule has 1 saturated heterocycles. The van der Waals surface area contributed by atoms with Crippen LogP contribution in [0.15, 0.2) is 84.9 Å². The molecule has 1 atom stereocenters. The molecule has 2 N–H and O–H groups in total. The third kappa shape index (κ3) is 5.21. The van der Waals surface area contributed by atoms with Crippen molar-refractivity contribution < 1.29 is 9.84 Å².